The molecule has 0 spiro atoms. The molecule has 0 aliphatic heterocycles. The van der Waals surface area contributed by atoms with Crippen LogP contribution in [0.2, 0.25) is 0 Å². The van der Waals surface area contributed by atoms with Gasteiger partial charge < -0.3 is 5.11 Å². The summed E-state index contributed by atoms with van der Waals surface area (Å²) in [5.41, 5.74) is 0.649. The van der Waals surface area contributed by atoms with Gasteiger partial charge in [-0.15, -0.1) is 0 Å². The molecule has 0 saturated carbocycles. The minimum Gasteiger partial charge on any atom is -0.390 e. The van der Waals surface area contributed by atoms with Crippen molar-refractivity contribution in [1.82, 2.24) is 9.78 Å². The lowest BCUT2D eigenvalue weighted by atomic mass is 10.4. The van der Waals surface area contributed by atoms with E-state index in [1.165, 1.54) is 0 Å². The Balaban J connectivity index is 2.97. The molecular weight excluding hydrogens is 174 g/mol. The fourth-order valence-electron chi connectivity index (χ4n) is 0.885. The highest BCUT2D eigenvalue weighted by Crippen LogP contribution is 2.18. The summed E-state index contributed by atoms with van der Waals surface area (Å²) in [6.07, 6.45) is 1.85. The second kappa shape index (κ2) is 3.93. The Labute approximate surface area is 75.9 Å². The van der Waals surface area contributed by atoms with Crippen LogP contribution in [0.3, 0.4) is 0 Å². The summed E-state index contributed by atoms with van der Waals surface area (Å²) < 4.78 is 1.79. The molecule has 0 amide bonds. The van der Waals surface area contributed by atoms with Crippen LogP contribution in [0.4, 0.5) is 0 Å². The fraction of sp³-hybridized carbons (Fsp3) is 0.571. The average Bonchev–Trinajstić information content (AvgIpc) is 2.46. The predicted molar refractivity (Wildman–Crippen MR) is 48.6 cm³/mol. The van der Waals surface area contributed by atoms with Crippen LogP contribution in [0.15, 0.2) is 11.1 Å². The number of rotatable bonds is 3. The van der Waals surface area contributed by atoms with Gasteiger partial charge in [-0.05, 0) is 25.8 Å². The highest BCUT2D eigenvalue weighted by atomic mass is 32.2. The Morgan fingerprint density at radius 3 is 2.75 bits per heavy atom. The monoisotopic (exact) mass is 187 g/mol. The standard InChI is InChI=1S/C7H13N3OS/c1-5(2)10-3-7(12-8)6(4-11)9-10/h3,5,11H,4,8H2,1-2H3. The lowest BCUT2D eigenvalue weighted by Crippen LogP contribution is -2.01. The first-order valence-electron chi connectivity index (χ1n) is 3.74. The molecule has 0 fully saturated rings. The van der Waals surface area contributed by atoms with E-state index in [1.54, 1.807) is 4.68 Å². The summed E-state index contributed by atoms with van der Waals surface area (Å²) in [6, 6.07) is 0.302. The third-order valence-electron chi connectivity index (χ3n) is 1.58. The predicted octanol–water partition coefficient (Wildman–Crippen LogP) is 0.922. The third kappa shape index (κ3) is 1.80. The molecule has 1 rings (SSSR count). The van der Waals surface area contributed by atoms with Gasteiger partial charge in [0.2, 0.25) is 0 Å². The average molecular weight is 187 g/mol. The van der Waals surface area contributed by atoms with Crippen molar-refractivity contribution < 1.29 is 5.11 Å². The first-order valence-corrected chi connectivity index (χ1v) is 4.62. The number of nitrogens with zero attached hydrogens (tertiary/aromatic N) is 2. The summed E-state index contributed by atoms with van der Waals surface area (Å²) in [6.45, 7) is 4.00. The van der Waals surface area contributed by atoms with Gasteiger partial charge in [0.05, 0.1) is 11.5 Å². The maximum Gasteiger partial charge on any atom is 0.103 e. The molecule has 0 saturated heterocycles. The van der Waals surface area contributed by atoms with E-state index in [-0.39, 0.29) is 6.61 Å². The van der Waals surface area contributed by atoms with E-state index in [1.807, 2.05) is 20.0 Å². The van der Waals surface area contributed by atoms with E-state index >= 15 is 0 Å². The fourth-order valence-corrected chi connectivity index (χ4v) is 1.29. The van der Waals surface area contributed by atoms with Gasteiger partial charge in [-0.3, -0.25) is 9.82 Å². The third-order valence-corrected chi connectivity index (χ3v) is 2.17. The van der Waals surface area contributed by atoms with Crippen molar-refractivity contribution in [1.29, 1.82) is 0 Å². The van der Waals surface area contributed by atoms with E-state index in [0.29, 0.717) is 11.7 Å². The van der Waals surface area contributed by atoms with Gasteiger partial charge in [-0.25, -0.2) is 0 Å². The molecule has 0 unspecified atom stereocenters. The quantitative estimate of drug-likeness (QED) is 0.691. The highest BCUT2D eigenvalue weighted by molar-refractivity contribution is 7.97. The highest BCUT2D eigenvalue weighted by Gasteiger charge is 2.08. The zero-order valence-corrected chi connectivity index (χ0v) is 8.01. The van der Waals surface area contributed by atoms with E-state index in [4.69, 9.17) is 10.2 Å². The number of hydrogen-bond acceptors (Lipinski definition) is 4. The molecule has 4 nitrogen and oxygen atoms in total. The molecule has 68 valence electrons. The summed E-state index contributed by atoms with van der Waals surface area (Å²) in [4.78, 5) is 0.839. The second-order valence-electron chi connectivity index (χ2n) is 2.79. The Morgan fingerprint density at radius 2 is 2.42 bits per heavy atom. The molecule has 0 radical (unpaired) electrons. The normalized spacial score (nSPS) is 11.1. The van der Waals surface area contributed by atoms with Crippen molar-refractivity contribution >= 4 is 11.9 Å². The molecular formula is C7H13N3OS. The molecule has 0 aliphatic carbocycles. The summed E-state index contributed by atoms with van der Waals surface area (Å²) in [5.74, 6) is 0. The second-order valence-corrected chi connectivity index (χ2v) is 3.47. The van der Waals surface area contributed by atoms with Gasteiger partial charge in [0, 0.05) is 12.2 Å². The Kier molecular flexibility index (Phi) is 3.13. The minimum absolute atomic E-state index is 0.0563. The molecule has 1 heterocycles. The molecule has 0 aromatic carbocycles. The van der Waals surface area contributed by atoms with Gasteiger partial charge in [0.1, 0.15) is 5.69 Å². The van der Waals surface area contributed by atoms with E-state index in [2.05, 4.69) is 5.10 Å². The number of aliphatic hydroxyl groups excluding tert-OH is 1. The topological polar surface area (TPSA) is 64.1 Å². The van der Waals surface area contributed by atoms with Crippen LogP contribution in [0, 0.1) is 0 Å². The van der Waals surface area contributed by atoms with Crippen molar-refractivity contribution in [2.45, 2.75) is 31.4 Å². The van der Waals surface area contributed by atoms with Crippen LogP contribution in [0.25, 0.3) is 0 Å². The van der Waals surface area contributed by atoms with Gasteiger partial charge in [0.25, 0.3) is 0 Å². The van der Waals surface area contributed by atoms with Crippen LogP contribution in [-0.4, -0.2) is 14.9 Å². The summed E-state index contributed by atoms with van der Waals surface area (Å²) >= 11 is 1.11. The van der Waals surface area contributed by atoms with Crippen molar-refractivity contribution in [3.05, 3.63) is 11.9 Å². The largest absolute Gasteiger partial charge is 0.390 e. The maximum atomic E-state index is 8.90. The summed E-state index contributed by atoms with van der Waals surface area (Å²) in [7, 11) is 0. The lowest BCUT2D eigenvalue weighted by molar-refractivity contribution is 0.272. The zero-order chi connectivity index (χ0) is 9.14. The van der Waals surface area contributed by atoms with Crippen molar-refractivity contribution in [3.63, 3.8) is 0 Å². The van der Waals surface area contributed by atoms with Crippen molar-refractivity contribution in [2.75, 3.05) is 0 Å². The Bertz CT molecular complexity index is 238. The van der Waals surface area contributed by atoms with Gasteiger partial charge in [0.15, 0.2) is 0 Å². The van der Waals surface area contributed by atoms with Crippen LogP contribution < -0.4 is 5.14 Å². The Morgan fingerprint density at radius 1 is 1.75 bits per heavy atom. The molecule has 0 aliphatic rings. The first kappa shape index (κ1) is 9.57. The molecule has 1 aromatic heterocycles. The molecule has 1 aromatic rings. The van der Waals surface area contributed by atoms with Crippen molar-refractivity contribution in [2.24, 2.45) is 5.14 Å². The number of hydrogen-bond donors (Lipinski definition) is 2. The molecule has 12 heavy (non-hydrogen) atoms. The van der Waals surface area contributed by atoms with Crippen LogP contribution >= 0.6 is 11.9 Å². The molecule has 3 N–H and O–H groups in total. The number of aromatic nitrogens is 2. The molecule has 0 atom stereocenters. The van der Waals surface area contributed by atoms with Crippen LogP contribution in [-0.2, 0) is 6.61 Å². The molecule has 0 bridgehead atoms. The maximum absolute atomic E-state index is 8.90. The smallest absolute Gasteiger partial charge is 0.103 e. The first-order chi connectivity index (χ1) is 5.69. The number of nitrogens with two attached hydrogens (primary N) is 1. The van der Waals surface area contributed by atoms with Crippen LogP contribution in [0.5, 0.6) is 0 Å². The minimum atomic E-state index is -0.0563. The van der Waals surface area contributed by atoms with Gasteiger partial charge in [-0.1, -0.05) is 0 Å². The number of aliphatic hydroxyl groups is 1. The van der Waals surface area contributed by atoms with E-state index in [9.17, 15) is 0 Å². The molecule has 5 heteroatoms. The van der Waals surface area contributed by atoms with Crippen molar-refractivity contribution in [3.8, 4) is 0 Å². The van der Waals surface area contributed by atoms with E-state index < -0.39 is 0 Å². The van der Waals surface area contributed by atoms with Gasteiger partial charge in [-0.2, -0.15) is 5.10 Å². The SMILES string of the molecule is CC(C)n1cc(SN)c(CO)n1. The van der Waals surface area contributed by atoms with Gasteiger partial charge >= 0.3 is 0 Å². The zero-order valence-electron chi connectivity index (χ0n) is 7.19. The lowest BCUT2D eigenvalue weighted by Gasteiger charge is -2.02. The van der Waals surface area contributed by atoms with Crippen LogP contribution in [0.1, 0.15) is 25.6 Å². The Hall–Kier alpha value is -0.520. The van der Waals surface area contributed by atoms with E-state index in [0.717, 1.165) is 16.8 Å². The summed E-state index contributed by atoms with van der Waals surface area (Å²) in [5, 5.41) is 18.5.